The fourth-order valence-corrected chi connectivity index (χ4v) is 5.61. The van der Waals surface area contributed by atoms with Gasteiger partial charge in [-0.15, -0.1) is 11.3 Å². The van der Waals surface area contributed by atoms with Gasteiger partial charge in [0.15, 0.2) is 10.9 Å². The summed E-state index contributed by atoms with van der Waals surface area (Å²) < 4.78 is 14.4. The average Bonchev–Trinajstić information content (AvgIpc) is 3.10. The molecule has 4 rings (SSSR count). The van der Waals surface area contributed by atoms with Crippen molar-refractivity contribution in [3.63, 3.8) is 0 Å². The second-order valence-electron chi connectivity index (χ2n) is 5.75. The van der Waals surface area contributed by atoms with Gasteiger partial charge in [0.25, 0.3) is 0 Å². The van der Waals surface area contributed by atoms with Crippen LogP contribution in [0.1, 0.15) is 28.5 Å². The Morgan fingerprint density at radius 3 is 2.87 bits per heavy atom. The number of halogens is 1. The first kappa shape index (κ1) is 15.2. The molecule has 3 heterocycles. The zero-order valence-electron chi connectivity index (χ0n) is 12.5. The van der Waals surface area contributed by atoms with Crippen LogP contribution in [0.3, 0.4) is 0 Å². The fourth-order valence-electron chi connectivity index (χ4n) is 3.20. The fraction of sp³-hybridized carbons (Fsp3) is 0.353. The molecule has 3 nitrogen and oxygen atoms in total. The van der Waals surface area contributed by atoms with Crippen LogP contribution in [0.4, 0.5) is 4.39 Å². The first-order chi connectivity index (χ1) is 11.2. The van der Waals surface area contributed by atoms with Gasteiger partial charge in [0, 0.05) is 18.7 Å². The van der Waals surface area contributed by atoms with Crippen LogP contribution in [0, 0.1) is 5.82 Å². The van der Waals surface area contributed by atoms with E-state index < -0.39 is 11.0 Å². The quantitative estimate of drug-likeness (QED) is 0.892. The summed E-state index contributed by atoms with van der Waals surface area (Å²) >= 11 is 2.98. The summed E-state index contributed by atoms with van der Waals surface area (Å²) in [6.45, 7) is 1.51. The van der Waals surface area contributed by atoms with Crippen molar-refractivity contribution in [2.45, 2.75) is 23.8 Å². The van der Waals surface area contributed by atoms with E-state index in [1.54, 1.807) is 12.1 Å². The van der Waals surface area contributed by atoms with Crippen molar-refractivity contribution >= 4 is 28.3 Å². The second kappa shape index (κ2) is 5.92. The van der Waals surface area contributed by atoms with E-state index in [9.17, 15) is 9.50 Å². The van der Waals surface area contributed by atoms with Gasteiger partial charge in [-0.2, -0.15) is 0 Å². The number of hydrogen-bond donors (Lipinski definition) is 1. The highest BCUT2D eigenvalue weighted by Crippen LogP contribution is 2.55. The van der Waals surface area contributed by atoms with Gasteiger partial charge in [-0.1, -0.05) is 36.0 Å². The lowest BCUT2D eigenvalue weighted by Gasteiger charge is -2.36. The van der Waals surface area contributed by atoms with Crippen molar-refractivity contribution in [3.8, 4) is 0 Å². The lowest BCUT2D eigenvalue weighted by molar-refractivity contribution is -0.0685. The topological polar surface area (TPSA) is 35.8 Å². The first-order valence-electron chi connectivity index (χ1n) is 7.71. The van der Waals surface area contributed by atoms with Gasteiger partial charge < -0.3 is 10.0 Å². The SMILES string of the molecule is OC1(c2cccs2)C(c2ccccc2F)SC2=NCCCCN21. The summed E-state index contributed by atoms with van der Waals surface area (Å²) in [5, 5.41) is 14.0. The maximum absolute atomic E-state index is 14.4. The first-order valence-corrected chi connectivity index (χ1v) is 9.46. The minimum absolute atomic E-state index is 0.279. The van der Waals surface area contributed by atoms with Crippen LogP contribution in [-0.4, -0.2) is 28.3 Å². The van der Waals surface area contributed by atoms with Crippen molar-refractivity contribution in [1.82, 2.24) is 4.90 Å². The van der Waals surface area contributed by atoms with Crippen LogP contribution < -0.4 is 0 Å². The van der Waals surface area contributed by atoms with E-state index >= 15 is 0 Å². The van der Waals surface area contributed by atoms with Crippen molar-refractivity contribution in [1.29, 1.82) is 0 Å². The highest BCUT2D eigenvalue weighted by atomic mass is 32.2. The smallest absolute Gasteiger partial charge is 0.192 e. The molecule has 0 bridgehead atoms. The zero-order chi connectivity index (χ0) is 15.9. The molecule has 0 amide bonds. The zero-order valence-corrected chi connectivity index (χ0v) is 14.1. The van der Waals surface area contributed by atoms with E-state index in [0.29, 0.717) is 5.56 Å². The Kier molecular flexibility index (Phi) is 3.91. The van der Waals surface area contributed by atoms with Gasteiger partial charge in [0.2, 0.25) is 0 Å². The Labute approximate surface area is 142 Å². The summed E-state index contributed by atoms with van der Waals surface area (Å²) in [5.74, 6) is -0.279. The third-order valence-electron chi connectivity index (χ3n) is 4.34. The number of amidine groups is 1. The van der Waals surface area contributed by atoms with E-state index in [2.05, 4.69) is 4.99 Å². The van der Waals surface area contributed by atoms with E-state index in [0.717, 1.165) is 36.0 Å². The molecule has 0 aliphatic carbocycles. The lowest BCUT2D eigenvalue weighted by atomic mass is 9.98. The molecule has 120 valence electrons. The highest BCUT2D eigenvalue weighted by Gasteiger charge is 2.54. The molecular weight excluding hydrogens is 331 g/mol. The predicted molar refractivity (Wildman–Crippen MR) is 93.2 cm³/mol. The van der Waals surface area contributed by atoms with Crippen LogP contribution in [0.2, 0.25) is 0 Å². The van der Waals surface area contributed by atoms with Gasteiger partial charge in [-0.3, -0.25) is 4.99 Å². The number of rotatable bonds is 2. The van der Waals surface area contributed by atoms with Gasteiger partial charge in [-0.25, -0.2) is 4.39 Å². The molecule has 1 aromatic carbocycles. The Hall–Kier alpha value is -1.37. The molecule has 1 fully saturated rings. The van der Waals surface area contributed by atoms with Crippen LogP contribution >= 0.6 is 23.1 Å². The summed E-state index contributed by atoms with van der Waals surface area (Å²) in [7, 11) is 0. The second-order valence-corrected chi connectivity index (χ2v) is 7.77. The third-order valence-corrected chi connectivity index (χ3v) is 6.70. The van der Waals surface area contributed by atoms with Crippen molar-refractivity contribution in [2.24, 2.45) is 4.99 Å². The molecule has 2 aliphatic heterocycles. The van der Waals surface area contributed by atoms with Crippen LogP contribution in [-0.2, 0) is 5.72 Å². The largest absolute Gasteiger partial charge is 0.365 e. The molecule has 0 saturated carbocycles. The minimum Gasteiger partial charge on any atom is -0.365 e. The van der Waals surface area contributed by atoms with Gasteiger partial charge in [0.1, 0.15) is 5.82 Å². The van der Waals surface area contributed by atoms with Crippen LogP contribution in [0.15, 0.2) is 46.8 Å². The number of thioether (sulfide) groups is 1. The van der Waals surface area contributed by atoms with Gasteiger partial charge >= 0.3 is 0 Å². The minimum atomic E-state index is -1.25. The molecule has 1 aromatic heterocycles. The molecule has 0 spiro atoms. The number of fused-ring (bicyclic) bond motifs is 1. The predicted octanol–water partition coefficient (Wildman–Crippen LogP) is 3.97. The molecule has 23 heavy (non-hydrogen) atoms. The van der Waals surface area contributed by atoms with E-state index in [4.69, 9.17) is 0 Å². The van der Waals surface area contributed by atoms with Crippen molar-refractivity contribution in [3.05, 3.63) is 58.0 Å². The number of aliphatic hydroxyl groups is 1. The summed E-state index contributed by atoms with van der Waals surface area (Å²) in [6.07, 6.45) is 2.00. The molecule has 2 aliphatic rings. The van der Waals surface area contributed by atoms with Crippen molar-refractivity contribution in [2.75, 3.05) is 13.1 Å². The molecule has 6 heteroatoms. The number of thiophene rings is 1. The average molecular weight is 348 g/mol. The molecule has 1 N–H and O–H groups in total. The molecular formula is C17H17FN2OS2. The summed E-state index contributed by atoms with van der Waals surface area (Å²) in [5.41, 5.74) is -0.714. The number of aliphatic imine (C=N–C) groups is 1. The molecule has 0 radical (unpaired) electrons. The third kappa shape index (κ3) is 2.40. The number of nitrogens with zero attached hydrogens (tertiary/aromatic N) is 2. The molecule has 1 saturated heterocycles. The molecule has 2 aromatic rings. The maximum atomic E-state index is 14.4. The Bertz CT molecular complexity index is 734. The Balaban J connectivity index is 1.87. The van der Waals surface area contributed by atoms with E-state index in [1.165, 1.54) is 29.2 Å². The Morgan fingerprint density at radius 2 is 2.09 bits per heavy atom. The summed E-state index contributed by atoms with van der Waals surface area (Å²) in [4.78, 5) is 7.43. The normalized spacial score (nSPS) is 27.5. The Morgan fingerprint density at radius 1 is 1.22 bits per heavy atom. The van der Waals surface area contributed by atoms with E-state index in [-0.39, 0.29) is 5.82 Å². The number of hydrogen-bond acceptors (Lipinski definition) is 5. The number of benzene rings is 1. The van der Waals surface area contributed by atoms with E-state index in [1.807, 2.05) is 28.5 Å². The highest BCUT2D eigenvalue weighted by molar-refractivity contribution is 8.14. The standard InChI is InChI=1S/C17H17FN2OS2/c18-13-7-2-1-6-12(13)15-17(21,14-8-5-11-22-14)20-10-4-3-9-19-16(20)23-15/h1-2,5-8,11,15,21H,3-4,9-10H2. The monoisotopic (exact) mass is 348 g/mol. The molecule has 2 unspecified atom stereocenters. The van der Waals surface area contributed by atoms with Crippen LogP contribution in [0.25, 0.3) is 0 Å². The molecule has 2 atom stereocenters. The lowest BCUT2D eigenvalue weighted by Crippen LogP contribution is -2.45. The maximum Gasteiger partial charge on any atom is 0.192 e. The van der Waals surface area contributed by atoms with Gasteiger partial charge in [0.05, 0.1) is 10.1 Å². The van der Waals surface area contributed by atoms with Crippen molar-refractivity contribution < 1.29 is 9.50 Å². The summed E-state index contributed by atoms with van der Waals surface area (Å²) in [6, 6.07) is 10.6. The van der Waals surface area contributed by atoms with Crippen LogP contribution in [0.5, 0.6) is 0 Å². The van der Waals surface area contributed by atoms with Gasteiger partial charge in [-0.05, 0) is 30.4 Å².